The molecule has 3 amide bonds. The summed E-state index contributed by atoms with van der Waals surface area (Å²) in [5, 5.41) is 8.43. The van der Waals surface area contributed by atoms with Gasteiger partial charge in [0.25, 0.3) is 5.91 Å². The van der Waals surface area contributed by atoms with Crippen molar-refractivity contribution in [1.29, 1.82) is 0 Å². The highest BCUT2D eigenvalue weighted by Gasteiger charge is 2.22. The van der Waals surface area contributed by atoms with Gasteiger partial charge in [0, 0.05) is 36.6 Å². The minimum Gasteiger partial charge on any atom is -0.379 e. The minimum atomic E-state index is -0.382. The summed E-state index contributed by atoms with van der Waals surface area (Å²) in [7, 11) is 0. The number of benzene rings is 1. The molecule has 0 radical (unpaired) electrons. The summed E-state index contributed by atoms with van der Waals surface area (Å²) in [5.41, 5.74) is 0.862. The fourth-order valence-corrected chi connectivity index (χ4v) is 5.07. The molecular formula is C25H33Cl2N5O4S. The molecular weight excluding hydrogens is 537 g/mol. The summed E-state index contributed by atoms with van der Waals surface area (Å²) in [5.74, 6) is -0.705. The molecule has 1 aromatic carbocycles. The quantitative estimate of drug-likeness (QED) is 0.379. The summed E-state index contributed by atoms with van der Waals surface area (Å²) in [6.07, 6.45) is 1.01. The SMILES string of the molecule is CC(C)CN(CC(=O)Nc1nc(CC(=O)NCCCN2CCOCC2)cs1)C(=O)c1ccc(Cl)cc1Cl. The number of aromatic nitrogens is 1. The van der Waals surface area contributed by atoms with Crippen LogP contribution in [-0.4, -0.2) is 85.0 Å². The van der Waals surface area contributed by atoms with E-state index in [1.165, 1.54) is 22.3 Å². The predicted octanol–water partition coefficient (Wildman–Crippen LogP) is 3.57. The van der Waals surface area contributed by atoms with Crippen LogP contribution in [0.3, 0.4) is 0 Å². The largest absolute Gasteiger partial charge is 0.379 e. The van der Waals surface area contributed by atoms with Gasteiger partial charge in [-0.2, -0.15) is 0 Å². The Morgan fingerprint density at radius 2 is 1.95 bits per heavy atom. The van der Waals surface area contributed by atoms with Crippen molar-refractivity contribution in [2.45, 2.75) is 26.7 Å². The summed E-state index contributed by atoms with van der Waals surface area (Å²) >= 11 is 13.4. The third-order valence-corrected chi connectivity index (χ3v) is 6.94. The van der Waals surface area contributed by atoms with Crippen molar-refractivity contribution in [3.63, 3.8) is 0 Å². The van der Waals surface area contributed by atoms with Crippen molar-refractivity contribution < 1.29 is 19.1 Å². The molecule has 12 heteroatoms. The molecule has 2 aromatic rings. The van der Waals surface area contributed by atoms with Crippen LogP contribution in [0.5, 0.6) is 0 Å². The number of ether oxygens (including phenoxy) is 1. The monoisotopic (exact) mass is 569 g/mol. The lowest BCUT2D eigenvalue weighted by atomic mass is 10.1. The van der Waals surface area contributed by atoms with Gasteiger partial charge in [-0.25, -0.2) is 4.98 Å². The molecule has 0 saturated carbocycles. The zero-order valence-corrected chi connectivity index (χ0v) is 23.4. The van der Waals surface area contributed by atoms with Crippen LogP contribution >= 0.6 is 34.5 Å². The van der Waals surface area contributed by atoms with Gasteiger partial charge in [0.1, 0.15) is 6.54 Å². The smallest absolute Gasteiger partial charge is 0.255 e. The van der Waals surface area contributed by atoms with Crippen molar-refractivity contribution >= 4 is 57.4 Å². The molecule has 0 bridgehead atoms. The molecule has 1 saturated heterocycles. The van der Waals surface area contributed by atoms with Crippen LogP contribution < -0.4 is 10.6 Å². The van der Waals surface area contributed by atoms with Gasteiger partial charge in [-0.05, 0) is 37.1 Å². The first-order chi connectivity index (χ1) is 17.7. The number of amides is 3. The fourth-order valence-electron chi connectivity index (χ4n) is 3.85. The van der Waals surface area contributed by atoms with E-state index in [4.69, 9.17) is 27.9 Å². The Hall–Kier alpha value is -2.24. The number of anilines is 1. The molecule has 0 aliphatic carbocycles. The average Bonchev–Trinajstić information content (AvgIpc) is 3.27. The molecule has 1 aromatic heterocycles. The number of nitrogens with zero attached hydrogens (tertiary/aromatic N) is 3. The predicted molar refractivity (Wildman–Crippen MR) is 147 cm³/mol. The summed E-state index contributed by atoms with van der Waals surface area (Å²) < 4.78 is 5.34. The molecule has 2 heterocycles. The van der Waals surface area contributed by atoms with Crippen LogP contribution in [0.1, 0.15) is 36.3 Å². The Labute approximate surface area is 231 Å². The van der Waals surface area contributed by atoms with Crippen LogP contribution in [-0.2, 0) is 20.7 Å². The first-order valence-electron chi connectivity index (χ1n) is 12.3. The highest BCUT2D eigenvalue weighted by atomic mass is 35.5. The van der Waals surface area contributed by atoms with Crippen LogP contribution in [0.25, 0.3) is 0 Å². The van der Waals surface area contributed by atoms with Gasteiger partial charge >= 0.3 is 0 Å². The number of thiazole rings is 1. The van der Waals surface area contributed by atoms with E-state index in [1.807, 2.05) is 13.8 Å². The van der Waals surface area contributed by atoms with Crippen LogP contribution in [0, 0.1) is 5.92 Å². The van der Waals surface area contributed by atoms with Gasteiger partial charge in [-0.3, -0.25) is 19.3 Å². The van der Waals surface area contributed by atoms with Crippen molar-refractivity contribution in [2.75, 3.05) is 57.8 Å². The first kappa shape index (κ1) is 29.3. The molecule has 202 valence electrons. The molecule has 3 rings (SSSR count). The number of nitrogens with one attached hydrogen (secondary N) is 2. The molecule has 2 N–H and O–H groups in total. The van der Waals surface area contributed by atoms with Crippen LogP contribution in [0.4, 0.5) is 5.13 Å². The highest BCUT2D eigenvalue weighted by molar-refractivity contribution is 7.13. The topological polar surface area (TPSA) is 104 Å². The number of carbonyl (C=O) groups excluding carboxylic acids is 3. The fraction of sp³-hybridized carbons (Fsp3) is 0.520. The van der Waals surface area contributed by atoms with Crippen molar-refractivity contribution in [1.82, 2.24) is 20.1 Å². The molecule has 1 fully saturated rings. The van der Waals surface area contributed by atoms with Crippen molar-refractivity contribution in [3.8, 4) is 0 Å². The van der Waals surface area contributed by atoms with Crippen molar-refractivity contribution in [2.24, 2.45) is 5.92 Å². The first-order valence-corrected chi connectivity index (χ1v) is 13.9. The third kappa shape index (κ3) is 9.86. The zero-order chi connectivity index (χ0) is 26.8. The number of hydrogen-bond acceptors (Lipinski definition) is 7. The lowest BCUT2D eigenvalue weighted by Gasteiger charge is -2.26. The third-order valence-electron chi connectivity index (χ3n) is 5.59. The van der Waals surface area contributed by atoms with E-state index in [0.29, 0.717) is 28.9 Å². The maximum atomic E-state index is 13.1. The van der Waals surface area contributed by atoms with E-state index in [-0.39, 0.29) is 47.2 Å². The number of halogens is 2. The Morgan fingerprint density at radius 3 is 2.65 bits per heavy atom. The van der Waals surface area contributed by atoms with Crippen molar-refractivity contribution in [3.05, 3.63) is 44.9 Å². The lowest BCUT2D eigenvalue weighted by Crippen LogP contribution is -2.40. The Morgan fingerprint density at radius 1 is 1.19 bits per heavy atom. The number of hydrogen-bond donors (Lipinski definition) is 2. The van der Waals surface area contributed by atoms with E-state index in [0.717, 1.165) is 39.3 Å². The second-order valence-electron chi connectivity index (χ2n) is 9.23. The summed E-state index contributed by atoms with van der Waals surface area (Å²) in [4.78, 5) is 46.2. The number of morpholine rings is 1. The van der Waals surface area contributed by atoms with Crippen LogP contribution in [0.15, 0.2) is 23.6 Å². The maximum absolute atomic E-state index is 13.1. The normalized spacial score (nSPS) is 14.0. The van der Waals surface area contributed by atoms with E-state index >= 15 is 0 Å². The Kier molecular flexibility index (Phi) is 11.6. The highest BCUT2D eigenvalue weighted by Crippen LogP contribution is 2.23. The van der Waals surface area contributed by atoms with Gasteiger partial charge in [-0.15, -0.1) is 11.3 Å². The van der Waals surface area contributed by atoms with E-state index in [1.54, 1.807) is 17.5 Å². The second-order valence-corrected chi connectivity index (χ2v) is 10.9. The molecule has 1 aliphatic heterocycles. The van der Waals surface area contributed by atoms with E-state index in [9.17, 15) is 14.4 Å². The standard InChI is InChI=1S/C25H33Cl2N5O4S/c1-17(2)14-32(24(35)20-5-4-18(26)12-21(20)27)15-23(34)30-25-29-19(16-37-25)13-22(33)28-6-3-7-31-8-10-36-11-9-31/h4-5,12,16-17H,3,6-11,13-15H2,1-2H3,(H,28,33)(H,29,30,34). The molecule has 1 aliphatic rings. The van der Waals surface area contributed by atoms with E-state index < -0.39 is 0 Å². The minimum absolute atomic E-state index is 0.112. The lowest BCUT2D eigenvalue weighted by molar-refractivity contribution is -0.120. The molecule has 0 spiro atoms. The molecule has 0 unspecified atom stereocenters. The molecule has 0 atom stereocenters. The summed E-state index contributed by atoms with van der Waals surface area (Å²) in [6, 6.07) is 4.64. The van der Waals surface area contributed by atoms with Gasteiger partial charge in [-0.1, -0.05) is 37.0 Å². The Balaban J connectivity index is 1.47. The number of carbonyl (C=O) groups is 3. The Bertz CT molecular complexity index is 1080. The maximum Gasteiger partial charge on any atom is 0.255 e. The number of rotatable bonds is 12. The van der Waals surface area contributed by atoms with Gasteiger partial charge in [0.2, 0.25) is 11.8 Å². The van der Waals surface area contributed by atoms with Gasteiger partial charge < -0.3 is 20.3 Å². The van der Waals surface area contributed by atoms with Gasteiger partial charge in [0.15, 0.2) is 5.13 Å². The zero-order valence-electron chi connectivity index (χ0n) is 21.1. The molecule has 37 heavy (non-hydrogen) atoms. The second kappa shape index (κ2) is 14.6. The van der Waals surface area contributed by atoms with E-state index in [2.05, 4.69) is 20.5 Å². The van der Waals surface area contributed by atoms with Crippen LogP contribution in [0.2, 0.25) is 10.0 Å². The van der Waals surface area contributed by atoms with Gasteiger partial charge in [0.05, 0.1) is 35.9 Å². The molecule has 9 nitrogen and oxygen atoms in total. The summed E-state index contributed by atoms with van der Waals surface area (Å²) in [6.45, 7) is 9.05. The average molecular weight is 571 g/mol.